The minimum atomic E-state index is 0.0444. The Hall–Kier alpha value is -1.46. The number of likely N-dealkylation sites (tertiary alicyclic amines) is 1. The van der Waals surface area contributed by atoms with Gasteiger partial charge in [-0.15, -0.1) is 5.10 Å². The molecular formula is C15H20N4O. The minimum Gasteiger partial charge on any atom is -0.356 e. The lowest BCUT2D eigenvalue weighted by atomic mass is 10.1. The van der Waals surface area contributed by atoms with Gasteiger partial charge in [-0.2, -0.15) is 0 Å². The van der Waals surface area contributed by atoms with E-state index >= 15 is 0 Å². The van der Waals surface area contributed by atoms with Crippen LogP contribution < -0.4 is 0 Å². The molecule has 2 aliphatic rings. The molecule has 2 aliphatic heterocycles. The Bertz CT molecular complexity index is 590. The molecule has 0 unspecified atom stereocenters. The molecule has 2 fully saturated rings. The summed E-state index contributed by atoms with van der Waals surface area (Å²) in [5, 5.41) is 8.57. The fourth-order valence-corrected chi connectivity index (χ4v) is 3.44. The number of benzene rings is 1. The smallest absolute Gasteiger partial charge is 0.156 e. The zero-order chi connectivity index (χ0) is 13.4. The predicted molar refractivity (Wildman–Crippen MR) is 76.3 cm³/mol. The average Bonchev–Trinajstić information content (AvgIpc) is 3.19. The van der Waals surface area contributed by atoms with Crippen LogP contribution in [-0.4, -0.2) is 46.1 Å². The zero-order valence-electron chi connectivity index (χ0n) is 11.6. The molecule has 1 aromatic heterocycles. The number of fused-ring (bicyclic) bond motifs is 1. The number of hydrogen-bond acceptors (Lipinski definition) is 4. The first-order valence-corrected chi connectivity index (χ1v) is 7.56. The van der Waals surface area contributed by atoms with Gasteiger partial charge in [-0.1, -0.05) is 17.3 Å². The largest absolute Gasteiger partial charge is 0.356 e. The molecule has 2 atom stereocenters. The zero-order valence-corrected chi connectivity index (χ0v) is 11.6. The van der Waals surface area contributed by atoms with Crippen molar-refractivity contribution in [2.45, 2.75) is 25.5 Å². The van der Waals surface area contributed by atoms with Gasteiger partial charge in [0.1, 0.15) is 5.52 Å². The molecule has 5 nitrogen and oxygen atoms in total. The number of nitrogens with zero attached hydrogens (tertiary/aromatic N) is 4. The Kier molecular flexibility index (Phi) is 3.16. The summed E-state index contributed by atoms with van der Waals surface area (Å²) in [6, 6.07) is 8.11. The third-order valence-electron chi connectivity index (χ3n) is 4.49. The predicted octanol–water partition coefficient (Wildman–Crippen LogP) is 2.06. The van der Waals surface area contributed by atoms with Crippen molar-refractivity contribution in [3.05, 3.63) is 24.3 Å². The molecular weight excluding hydrogens is 252 g/mol. The van der Waals surface area contributed by atoms with E-state index in [2.05, 4.69) is 21.3 Å². The average molecular weight is 272 g/mol. The summed E-state index contributed by atoms with van der Waals surface area (Å²) in [6.45, 7) is 4.43. The van der Waals surface area contributed by atoms with Crippen LogP contribution in [0.5, 0.6) is 0 Å². The molecule has 0 aliphatic carbocycles. The molecule has 3 heterocycles. The van der Waals surface area contributed by atoms with Crippen LogP contribution in [0.15, 0.2) is 24.3 Å². The van der Waals surface area contributed by atoms with Gasteiger partial charge in [0, 0.05) is 19.1 Å². The van der Waals surface area contributed by atoms with Gasteiger partial charge in [0.15, 0.2) is 6.23 Å². The second kappa shape index (κ2) is 5.14. The topological polar surface area (TPSA) is 43.2 Å². The molecule has 5 heteroatoms. The van der Waals surface area contributed by atoms with Crippen molar-refractivity contribution >= 4 is 11.0 Å². The van der Waals surface area contributed by atoms with E-state index in [1.165, 1.54) is 25.9 Å². The highest BCUT2D eigenvalue weighted by Crippen LogP contribution is 2.32. The standard InChI is InChI=1S/C15H20N4O/c1-2-6-14-13(5-1)16-17-19(14)15-12(7-10-20-15)11-18-8-3-4-9-18/h1-2,5-6,12,15H,3-4,7-11H2/t12-,15+/m0/s1. The number of rotatable bonds is 3. The maximum absolute atomic E-state index is 5.96. The molecule has 106 valence electrons. The molecule has 0 amide bonds. The van der Waals surface area contributed by atoms with Crippen LogP contribution in [0, 0.1) is 5.92 Å². The van der Waals surface area contributed by atoms with E-state index in [1.54, 1.807) is 0 Å². The first-order valence-electron chi connectivity index (χ1n) is 7.56. The highest BCUT2D eigenvalue weighted by molar-refractivity contribution is 5.73. The van der Waals surface area contributed by atoms with Crippen molar-refractivity contribution in [2.24, 2.45) is 5.92 Å². The van der Waals surface area contributed by atoms with Crippen LogP contribution in [0.1, 0.15) is 25.5 Å². The van der Waals surface area contributed by atoms with Crippen LogP contribution in [0.4, 0.5) is 0 Å². The highest BCUT2D eigenvalue weighted by atomic mass is 16.5. The van der Waals surface area contributed by atoms with Gasteiger partial charge in [-0.3, -0.25) is 0 Å². The van der Waals surface area contributed by atoms with Crippen LogP contribution in [0.2, 0.25) is 0 Å². The first-order chi connectivity index (χ1) is 9.92. The van der Waals surface area contributed by atoms with Crippen LogP contribution in [-0.2, 0) is 4.74 Å². The van der Waals surface area contributed by atoms with Crippen molar-refractivity contribution in [1.29, 1.82) is 0 Å². The van der Waals surface area contributed by atoms with Crippen molar-refractivity contribution in [3.63, 3.8) is 0 Å². The van der Waals surface area contributed by atoms with Crippen molar-refractivity contribution in [1.82, 2.24) is 19.9 Å². The monoisotopic (exact) mass is 272 g/mol. The minimum absolute atomic E-state index is 0.0444. The van der Waals surface area contributed by atoms with E-state index < -0.39 is 0 Å². The number of aromatic nitrogens is 3. The fourth-order valence-electron chi connectivity index (χ4n) is 3.44. The van der Waals surface area contributed by atoms with E-state index in [4.69, 9.17) is 4.74 Å². The molecule has 0 spiro atoms. The highest BCUT2D eigenvalue weighted by Gasteiger charge is 2.33. The van der Waals surface area contributed by atoms with Gasteiger partial charge < -0.3 is 9.64 Å². The summed E-state index contributed by atoms with van der Waals surface area (Å²) in [4.78, 5) is 2.56. The van der Waals surface area contributed by atoms with E-state index in [0.717, 1.165) is 30.6 Å². The third-order valence-corrected chi connectivity index (χ3v) is 4.49. The Labute approximate surface area is 118 Å². The molecule has 0 N–H and O–H groups in total. The van der Waals surface area contributed by atoms with Gasteiger partial charge >= 0.3 is 0 Å². The number of ether oxygens (including phenoxy) is 1. The second-order valence-electron chi connectivity index (χ2n) is 5.84. The summed E-state index contributed by atoms with van der Waals surface area (Å²) in [5.74, 6) is 0.526. The Balaban J connectivity index is 1.59. The fraction of sp³-hybridized carbons (Fsp3) is 0.600. The number of hydrogen-bond donors (Lipinski definition) is 0. The molecule has 4 rings (SSSR count). The summed E-state index contributed by atoms with van der Waals surface area (Å²) in [6.07, 6.45) is 3.84. The lowest BCUT2D eigenvalue weighted by Gasteiger charge is -2.24. The molecule has 2 aromatic rings. The van der Waals surface area contributed by atoms with Gasteiger partial charge in [-0.05, 0) is 44.5 Å². The molecule has 0 bridgehead atoms. The maximum atomic E-state index is 5.96. The van der Waals surface area contributed by atoms with E-state index in [9.17, 15) is 0 Å². The molecule has 1 aromatic carbocycles. The van der Waals surface area contributed by atoms with Gasteiger partial charge in [0.25, 0.3) is 0 Å². The summed E-state index contributed by atoms with van der Waals surface area (Å²) >= 11 is 0. The third kappa shape index (κ3) is 2.11. The van der Waals surface area contributed by atoms with Crippen LogP contribution >= 0.6 is 0 Å². The Morgan fingerprint density at radius 3 is 2.95 bits per heavy atom. The van der Waals surface area contributed by atoms with Crippen LogP contribution in [0.25, 0.3) is 11.0 Å². The summed E-state index contributed by atoms with van der Waals surface area (Å²) in [5.41, 5.74) is 2.02. The Morgan fingerprint density at radius 2 is 2.05 bits per heavy atom. The number of para-hydroxylation sites is 1. The summed E-state index contributed by atoms with van der Waals surface area (Å²) in [7, 11) is 0. The van der Waals surface area contributed by atoms with E-state index in [0.29, 0.717) is 5.92 Å². The molecule has 0 radical (unpaired) electrons. The first kappa shape index (κ1) is 12.3. The van der Waals surface area contributed by atoms with Crippen molar-refractivity contribution in [2.75, 3.05) is 26.2 Å². The maximum Gasteiger partial charge on any atom is 0.156 e. The molecule has 20 heavy (non-hydrogen) atoms. The van der Waals surface area contributed by atoms with Crippen molar-refractivity contribution in [3.8, 4) is 0 Å². The SMILES string of the molecule is c1ccc2c(c1)nnn2[C@@H]1OCC[C@H]1CN1CCCC1. The lowest BCUT2D eigenvalue weighted by molar-refractivity contribution is 0.0176. The van der Waals surface area contributed by atoms with Crippen molar-refractivity contribution < 1.29 is 4.74 Å². The normalized spacial score (nSPS) is 27.6. The molecule has 0 saturated carbocycles. The van der Waals surface area contributed by atoms with E-state index in [1.807, 2.05) is 22.9 Å². The van der Waals surface area contributed by atoms with Gasteiger partial charge in [0.2, 0.25) is 0 Å². The van der Waals surface area contributed by atoms with Crippen LogP contribution in [0.3, 0.4) is 0 Å². The Morgan fingerprint density at radius 1 is 1.20 bits per heavy atom. The summed E-state index contributed by atoms with van der Waals surface area (Å²) < 4.78 is 7.94. The second-order valence-corrected chi connectivity index (χ2v) is 5.84. The van der Waals surface area contributed by atoms with Gasteiger partial charge in [0.05, 0.1) is 5.52 Å². The molecule has 2 saturated heterocycles. The van der Waals surface area contributed by atoms with E-state index in [-0.39, 0.29) is 6.23 Å². The lowest BCUT2D eigenvalue weighted by Crippen LogP contribution is -2.30. The van der Waals surface area contributed by atoms with Gasteiger partial charge in [-0.25, -0.2) is 4.68 Å². The quantitative estimate of drug-likeness (QED) is 0.858.